The fourth-order valence-corrected chi connectivity index (χ4v) is 7.22. The van der Waals surface area contributed by atoms with Gasteiger partial charge in [-0.2, -0.15) is 0 Å². The van der Waals surface area contributed by atoms with Gasteiger partial charge in [0, 0.05) is 17.9 Å². The number of fused-ring (bicyclic) bond motifs is 5. The zero-order chi connectivity index (χ0) is 17.3. The Hall–Kier alpha value is -0.630. The Bertz CT molecular complexity index is 589. The molecule has 0 amide bonds. The fourth-order valence-electron chi connectivity index (χ4n) is 7.22. The Morgan fingerprint density at radius 3 is 2.46 bits per heavy atom. The van der Waals surface area contributed by atoms with E-state index in [1.54, 1.807) is 5.57 Å². The minimum absolute atomic E-state index is 0.0594. The first-order valence-corrected chi connectivity index (χ1v) is 9.99. The molecular weight excluding hydrogens is 296 g/mol. The first-order valence-electron chi connectivity index (χ1n) is 9.99. The van der Waals surface area contributed by atoms with E-state index in [0.717, 1.165) is 25.2 Å². The maximum absolute atomic E-state index is 13.1. The van der Waals surface area contributed by atoms with Crippen molar-refractivity contribution >= 4 is 5.78 Å². The number of methoxy groups -OCH3 is 1. The maximum atomic E-state index is 13.1. The summed E-state index contributed by atoms with van der Waals surface area (Å²) in [6.07, 6.45) is 11.2. The standard InChI is InChI=1S/C22H34O2/c1-20(2)13-18-16-7-6-14-12-15(24-5)8-10-21(14,3)17(16)9-11-22(18,4)19(20)23/h6,15-18H,7-13H2,1-5H3/t15-,16-,17+,18+,21+,22+/m1/s1. The van der Waals surface area contributed by atoms with Crippen molar-refractivity contribution in [3.05, 3.63) is 11.6 Å². The summed E-state index contributed by atoms with van der Waals surface area (Å²) in [7, 11) is 1.86. The van der Waals surface area contributed by atoms with E-state index in [0.29, 0.717) is 29.1 Å². The zero-order valence-electron chi connectivity index (χ0n) is 16.2. The highest BCUT2D eigenvalue weighted by atomic mass is 16.5. The lowest BCUT2D eigenvalue weighted by Gasteiger charge is -2.56. The predicted molar refractivity (Wildman–Crippen MR) is 96.7 cm³/mol. The van der Waals surface area contributed by atoms with Gasteiger partial charge < -0.3 is 4.74 Å². The summed E-state index contributed by atoms with van der Waals surface area (Å²) in [6, 6.07) is 0. The van der Waals surface area contributed by atoms with Crippen LogP contribution in [0, 0.1) is 34.0 Å². The molecule has 3 saturated carbocycles. The van der Waals surface area contributed by atoms with Crippen LogP contribution >= 0.6 is 0 Å². The predicted octanol–water partition coefficient (Wildman–Crippen LogP) is 5.17. The Morgan fingerprint density at radius 1 is 1.04 bits per heavy atom. The molecule has 0 N–H and O–H groups in total. The minimum Gasteiger partial charge on any atom is -0.381 e. The normalized spacial score (nSPS) is 49.9. The van der Waals surface area contributed by atoms with Crippen LogP contribution in [0.1, 0.15) is 72.6 Å². The Balaban J connectivity index is 1.68. The maximum Gasteiger partial charge on any atom is 0.144 e. The lowest BCUT2D eigenvalue weighted by atomic mass is 9.48. The summed E-state index contributed by atoms with van der Waals surface area (Å²) in [5.74, 6) is 2.62. The summed E-state index contributed by atoms with van der Waals surface area (Å²) in [5, 5.41) is 0. The van der Waals surface area contributed by atoms with Crippen molar-refractivity contribution in [1.82, 2.24) is 0 Å². The molecule has 0 bridgehead atoms. The molecule has 3 fully saturated rings. The highest BCUT2D eigenvalue weighted by Crippen LogP contribution is 2.66. The number of carbonyl (C=O) groups is 1. The number of ether oxygens (including phenoxy) is 1. The first kappa shape index (κ1) is 16.8. The van der Waals surface area contributed by atoms with Crippen molar-refractivity contribution in [2.75, 3.05) is 7.11 Å². The van der Waals surface area contributed by atoms with Gasteiger partial charge in [0.15, 0.2) is 0 Å². The van der Waals surface area contributed by atoms with Crippen LogP contribution in [0.3, 0.4) is 0 Å². The van der Waals surface area contributed by atoms with Crippen LogP contribution < -0.4 is 0 Å². The SMILES string of the molecule is CO[C@@H]1CC[C@@]2(C)C(=CC[C@@H]3[C@@H]2CC[C@]2(C)C(=O)C(C)(C)C[C@@H]32)C1. The lowest BCUT2D eigenvalue weighted by molar-refractivity contribution is -0.136. The number of allylic oxidation sites excluding steroid dienone is 1. The van der Waals surface area contributed by atoms with Gasteiger partial charge in [-0.25, -0.2) is 0 Å². The summed E-state index contributed by atoms with van der Waals surface area (Å²) < 4.78 is 5.66. The number of hydrogen-bond donors (Lipinski definition) is 0. The van der Waals surface area contributed by atoms with Crippen LogP contribution in [0.2, 0.25) is 0 Å². The van der Waals surface area contributed by atoms with Gasteiger partial charge in [0.05, 0.1) is 6.10 Å². The van der Waals surface area contributed by atoms with Crippen LogP contribution in [-0.2, 0) is 9.53 Å². The summed E-state index contributed by atoms with van der Waals surface area (Å²) >= 11 is 0. The fraction of sp³-hybridized carbons (Fsp3) is 0.864. The molecule has 0 spiro atoms. The van der Waals surface area contributed by atoms with E-state index in [2.05, 4.69) is 33.8 Å². The Morgan fingerprint density at radius 2 is 1.75 bits per heavy atom. The molecule has 0 heterocycles. The topological polar surface area (TPSA) is 26.3 Å². The van der Waals surface area contributed by atoms with Gasteiger partial charge in [-0.3, -0.25) is 4.79 Å². The molecule has 6 atom stereocenters. The number of Topliss-reactive ketones (excluding diaryl/α,β-unsaturated/α-hetero) is 1. The smallest absolute Gasteiger partial charge is 0.144 e. The molecule has 2 heteroatoms. The summed E-state index contributed by atoms with van der Waals surface area (Å²) in [4.78, 5) is 13.1. The molecule has 24 heavy (non-hydrogen) atoms. The van der Waals surface area contributed by atoms with E-state index >= 15 is 0 Å². The zero-order valence-corrected chi connectivity index (χ0v) is 16.2. The van der Waals surface area contributed by atoms with Gasteiger partial charge >= 0.3 is 0 Å². The monoisotopic (exact) mass is 330 g/mol. The summed E-state index contributed by atoms with van der Waals surface area (Å²) in [5.41, 5.74) is 1.84. The van der Waals surface area contributed by atoms with E-state index in [4.69, 9.17) is 4.74 Å². The summed E-state index contributed by atoms with van der Waals surface area (Å²) in [6.45, 7) is 9.17. The third-order valence-corrected chi connectivity index (χ3v) is 8.65. The molecule has 4 rings (SSSR count). The van der Waals surface area contributed by atoms with Crippen molar-refractivity contribution < 1.29 is 9.53 Å². The van der Waals surface area contributed by atoms with E-state index in [9.17, 15) is 4.79 Å². The van der Waals surface area contributed by atoms with Crippen molar-refractivity contribution in [2.45, 2.75) is 78.7 Å². The number of carbonyl (C=O) groups excluding carboxylic acids is 1. The number of hydrogen-bond acceptors (Lipinski definition) is 2. The molecule has 0 unspecified atom stereocenters. The molecule has 2 nitrogen and oxygen atoms in total. The highest BCUT2D eigenvalue weighted by Gasteiger charge is 2.63. The Kier molecular flexibility index (Phi) is 3.64. The molecule has 4 aliphatic carbocycles. The third kappa shape index (κ3) is 2.08. The quantitative estimate of drug-likeness (QED) is 0.620. The molecule has 0 aromatic carbocycles. The van der Waals surface area contributed by atoms with Gasteiger partial charge in [-0.1, -0.05) is 39.3 Å². The first-order chi connectivity index (χ1) is 11.2. The van der Waals surface area contributed by atoms with E-state index in [1.165, 1.54) is 25.7 Å². The molecule has 0 radical (unpaired) electrons. The second kappa shape index (κ2) is 5.19. The van der Waals surface area contributed by atoms with E-state index in [1.807, 2.05) is 7.11 Å². The number of ketones is 1. The van der Waals surface area contributed by atoms with Crippen molar-refractivity contribution in [1.29, 1.82) is 0 Å². The van der Waals surface area contributed by atoms with Crippen molar-refractivity contribution in [2.24, 2.45) is 34.0 Å². The van der Waals surface area contributed by atoms with Crippen LogP contribution in [-0.4, -0.2) is 19.0 Å². The van der Waals surface area contributed by atoms with E-state index in [-0.39, 0.29) is 10.8 Å². The van der Waals surface area contributed by atoms with Crippen LogP contribution in [0.4, 0.5) is 0 Å². The van der Waals surface area contributed by atoms with Crippen molar-refractivity contribution in [3.8, 4) is 0 Å². The average Bonchev–Trinajstić information content (AvgIpc) is 2.73. The minimum atomic E-state index is -0.118. The Labute approximate surface area is 147 Å². The van der Waals surface area contributed by atoms with E-state index < -0.39 is 0 Å². The molecular formula is C22H34O2. The largest absolute Gasteiger partial charge is 0.381 e. The molecule has 4 aliphatic rings. The van der Waals surface area contributed by atoms with Crippen LogP contribution in [0.25, 0.3) is 0 Å². The van der Waals surface area contributed by atoms with Gasteiger partial charge in [-0.05, 0) is 68.1 Å². The van der Waals surface area contributed by atoms with Gasteiger partial charge in [0.1, 0.15) is 5.78 Å². The molecule has 0 aromatic heterocycles. The molecule has 134 valence electrons. The van der Waals surface area contributed by atoms with Crippen molar-refractivity contribution in [3.63, 3.8) is 0 Å². The van der Waals surface area contributed by atoms with Crippen LogP contribution in [0.5, 0.6) is 0 Å². The second-order valence-electron chi connectivity index (χ2n) is 10.2. The lowest BCUT2D eigenvalue weighted by Crippen LogP contribution is -2.50. The van der Waals surface area contributed by atoms with Gasteiger partial charge in [0.2, 0.25) is 0 Å². The third-order valence-electron chi connectivity index (χ3n) is 8.65. The molecule has 0 aliphatic heterocycles. The van der Waals surface area contributed by atoms with Crippen LogP contribution in [0.15, 0.2) is 11.6 Å². The average molecular weight is 331 g/mol. The second-order valence-corrected chi connectivity index (χ2v) is 10.2. The molecule has 0 saturated heterocycles. The van der Waals surface area contributed by atoms with Gasteiger partial charge in [0.25, 0.3) is 0 Å². The van der Waals surface area contributed by atoms with Gasteiger partial charge in [-0.15, -0.1) is 0 Å². The number of rotatable bonds is 1. The molecule has 0 aromatic rings. The highest BCUT2D eigenvalue weighted by molar-refractivity contribution is 5.92.